The van der Waals surface area contributed by atoms with Crippen molar-refractivity contribution in [3.63, 3.8) is 0 Å². The van der Waals surface area contributed by atoms with Crippen molar-refractivity contribution in [3.05, 3.63) is 29.8 Å². The number of aliphatic carboxylic acids is 1. The van der Waals surface area contributed by atoms with Crippen LogP contribution >= 0.6 is 0 Å². The first kappa shape index (κ1) is 15.0. The Labute approximate surface area is 111 Å². The summed E-state index contributed by atoms with van der Waals surface area (Å²) in [6, 6.07) is 5.31. The maximum atomic E-state index is 11.6. The maximum Gasteiger partial charge on any atom is 0.328 e. The lowest BCUT2D eigenvalue weighted by atomic mass is 10.0. The fraction of sp³-hybridized carbons (Fsp3) is 0.385. The van der Waals surface area contributed by atoms with E-state index in [0.29, 0.717) is 11.6 Å². The second-order valence-corrected chi connectivity index (χ2v) is 4.45. The lowest BCUT2D eigenvalue weighted by molar-refractivity contribution is -0.140. The summed E-state index contributed by atoms with van der Waals surface area (Å²) in [7, 11) is 0. The fourth-order valence-corrected chi connectivity index (χ4v) is 1.49. The standard InChI is InChI=1S/C13H18N2O4/c1-8(2)9-4-3-5-10(6-9)14-13(19)15-11(7-16)12(17)18/h3-6,8,11,16H,7H2,1-2H3,(H,17,18)(H2,14,15,19). The quantitative estimate of drug-likeness (QED) is 0.647. The molecule has 1 rings (SSSR count). The first-order valence-corrected chi connectivity index (χ1v) is 5.95. The highest BCUT2D eigenvalue weighted by Crippen LogP contribution is 2.18. The van der Waals surface area contributed by atoms with Gasteiger partial charge in [0.05, 0.1) is 6.61 Å². The SMILES string of the molecule is CC(C)c1cccc(NC(=O)NC(CO)C(=O)O)c1. The van der Waals surface area contributed by atoms with Gasteiger partial charge in [-0.2, -0.15) is 0 Å². The van der Waals surface area contributed by atoms with E-state index in [1.807, 2.05) is 32.0 Å². The number of amides is 2. The molecule has 0 saturated heterocycles. The Kier molecular flexibility index (Phi) is 5.32. The zero-order valence-corrected chi connectivity index (χ0v) is 10.9. The average Bonchev–Trinajstić information content (AvgIpc) is 2.35. The molecule has 0 heterocycles. The van der Waals surface area contributed by atoms with Crippen LogP contribution in [0.5, 0.6) is 0 Å². The summed E-state index contributed by atoms with van der Waals surface area (Å²) in [5, 5.41) is 22.2. The molecule has 0 bridgehead atoms. The van der Waals surface area contributed by atoms with E-state index in [1.165, 1.54) is 0 Å². The van der Waals surface area contributed by atoms with Crippen molar-refractivity contribution in [2.75, 3.05) is 11.9 Å². The molecule has 2 amide bonds. The molecule has 0 aromatic heterocycles. The van der Waals surface area contributed by atoms with Crippen LogP contribution in [0.3, 0.4) is 0 Å². The van der Waals surface area contributed by atoms with Gasteiger partial charge in [0.1, 0.15) is 0 Å². The van der Waals surface area contributed by atoms with Gasteiger partial charge in [0.25, 0.3) is 0 Å². The second-order valence-electron chi connectivity index (χ2n) is 4.45. The van der Waals surface area contributed by atoms with Gasteiger partial charge in [-0.05, 0) is 23.6 Å². The highest BCUT2D eigenvalue weighted by atomic mass is 16.4. The summed E-state index contributed by atoms with van der Waals surface area (Å²) in [5.41, 5.74) is 1.64. The highest BCUT2D eigenvalue weighted by Gasteiger charge is 2.18. The molecule has 0 aliphatic carbocycles. The molecule has 0 fully saturated rings. The van der Waals surface area contributed by atoms with Gasteiger partial charge in [-0.15, -0.1) is 0 Å². The van der Waals surface area contributed by atoms with Gasteiger partial charge in [-0.3, -0.25) is 0 Å². The molecular weight excluding hydrogens is 248 g/mol. The van der Waals surface area contributed by atoms with E-state index in [4.69, 9.17) is 10.2 Å². The Morgan fingerprint density at radius 1 is 1.32 bits per heavy atom. The minimum atomic E-state index is -1.31. The number of aliphatic hydroxyl groups is 1. The summed E-state index contributed by atoms with van der Waals surface area (Å²) in [6.07, 6.45) is 0. The van der Waals surface area contributed by atoms with Crippen molar-refractivity contribution in [3.8, 4) is 0 Å². The van der Waals surface area contributed by atoms with Gasteiger partial charge >= 0.3 is 12.0 Å². The molecule has 0 aliphatic rings. The van der Waals surface area contributed by atoms with Gasteiger partial charge in [-0.25, -0.2) is 9.59 Å². The summed E-state index contributed by atoms with van der Waals surface area (Å²) in [4.78, 5) is 22.2. The number of nitrogens with one attached hydrogen (secondary N) is 2. The number of hydrogen-bond donors (Lipinski definition) is 4. The van der Waals surface area contributed by atoms with E-state index in [1.54, 1.807) is 6.07 Å². The Bertz CT molecular complexity index is 460. The van der Waals surface area contributed by atoms with Crippen molar-refractivity contribution in [1.82, 2.24) is 5.32 Å². The molecule has 0 aliphatic heterocycles. The Morgan fingerprint density at radius 2 is 2.00 bits per heavy atom. The molecule has 1 aromatic carbocycles. The third-order valence-electron chi connectivity index (χ3n) is 2.60. The van der Waals surface area contributed by atoms with Crippen molar-refractivity contribution < 1.29 is 19.8 Å². The van der Waals surface area contributed by atoms with Crippen molar-refractivity contribution in [1.29, 1.82) is 0 Å². The molecule has 104 valence electrons. The van der Waals surface area contributed by atoms with Crippen LogP contribution in [0.4, 0.5) is 10.5 Å². The lowest BCUT2D eigenvalue weighted by Gasteiger charge is -2.13. The predicted molar refractivity (Wildman–Crippen MR) is 71.2 cm³/mol. The molecule has 19 heavy (non-hydrogen) atoms. The smallest absolute Gasteiger partial charge is 0.328 e. The van der Waals surface area contributed by atoms with Crippen molar-refractivity contribution in [2.24, 2.45) is 0 Å². The first-order valence-electron chi connectivity index (χ1n) is 5.95. The van der Waals surface area contributed by atoms with E-state index in [-0.39, 0.29) is 0 Å². The summed E-state index contributed by atoms with van der Waals surface area (Å²) >= 11 is 0. The van der Waals surface area contributed by atoms with Gasteiger partial charge in [0.15, 0.2) is 6.04 Å². The molecule has 1 atom stereocenters. The van der Waals surface area contributed by atoms with Gasteiger partial charge in [0, 0.05) is 5.69 Å². The molecule has 1 unspecified atom stereocenters. The van der Waals surface area contributed by atoms with Crippen LogP contribution in [0.15, 0.2) is 24.3 Å². The lowest BCUT2D eigenvalue weighted by Crippen LogP contribution is -2.45. The molecule has 4 N–H and O–H groups in total. The number of carbonyl (C=O) groups is 2. The summed E-state index contributed by atoms with van der Waals surface area (Å²) in [5.74, 6) is -0.956. The minimum absolute atomic E-state index is 0.328. The van der Waals surface area contributed by atoms with Crippen LogP contribution < -0.4 is 10.6 Å². The van der Waals surface area contributed by atoms with Crippen LogP contribution in [0, 0.1) is 0 Å². The molecule has 6 heteroatoms. The number of hydrogen-bond acceptors (Lipinski definition) is 3. The molecular formula is C13H18N2O4. The van der Waals surface area contributed by atoms with E-state index in [0.717, 1.165) is 5.56 Å². The topological polar surface area (TPSA) is 98.7 Å². The first-order chi connectivity index (χ1) is 8.93. The molecule has 1 aromatic rings. The largest absolute Gasteiger partial charge is 0.480 e. The summed E-state index contributed by atoms with van der Waals surface area (Å²) < 4.78 is 0. The zero-order valence-electron chi connectivity index (χ0n) is 10.9. The van der Waals surface area contributed by atoms with Crippen LogP contribution in [0.2, 0.25) is 0 Å². The number of aliphatic hydroxyl groups excluding tert-OH is 1. The third kappa shape index (κ3) is 4.59. The number of carbonyl (C=O) groups excluding carboxylic acids is 1. The fourth-order valence-electron chi connectivity index (χ4n) is 1.49. The maximum absolute atomic E-state index is 11.6. The zero-order chi connectivity index (χ0) is 14.4. The van der Waals surface area contributed by atoms with E-state index in [9.17, 15) is 9.59 Å². The molecule has 6 nitrogen and oxygen atoms in total. The van der Waals surface area contributed by atoms with E-state index >= 15 is 0 Å². The predicted octanol–water partition coefficient (Wildman–Crippen LogP) is 1.38. The number of urea groups is 1. The highest BCUT2D eigenvalue weighted by molar-refractivity contribution is 5.92. The number of carboxylic acids is 1. The van der Waals surface area contributed by atoms with E-state index in [2.05, 4.69) is 10.6 Å². The Morgan fingerprint density at radius 3 is 2.53 bits per heavy atom. The molecule has 0 saturated carbocycles. The Balaban J connectivity index is 2.66. The molecule has 0 spiro atoms. The van der Waals surface area contributed by atoms with Crippen molar-refractivity contribution in [2.45, 2.75) is 25.8 Å². The Hall–Kier alpha value is -2.08. The second kappa shape index (κ2) is 6.75. The van der Waals surface area contributed by atoms with Gasteiger partial charge in [0.2, 0.25) is 0 Å². The van der Waals surface area contributed by atoms with Crippen LogP contribution in [-0.4, -0.2) is 34.9 Å². The normalized spacial score (nSPS) is 12.0. The van der Waals surface area contributed by atoms with Crippen molar-refractivity contribution >= 4 is 17.7 Å². The number of anilines is 1. The third-order valence-corrected chi connectivity index (χ3v) is 2.60. The average molecular weight is 266 g/mol. The monoisotopic (exact) mass is 266 g/mol. The minimum Gasteiger partial charge on any atom is -0.480 e. The number of rotatable bonds is 5. The molecule has 0 radical (unpaired) electrons. The van der Waals surface area contributed by atoms with E-state index < -0.39 is 24.6 Å². The van der Waals surface area contributed by atoms with Crippen LogP contribution in [0.1, 0.15) is 25.3 Å². The summed E-state index contributed by atoms with van der Waals surface area (Å²) in [6.45, 7) is 3.41. The number of carboxylic acid groups (broad SMARTS) is 1. The van der Waals surface area contributed by atoms with Crippen LogP contribution in [0.25, 0.3) is 0 Å². The number of benzene rings is 1. The van der Waals surface area contributed by atoms with Gasteiger partial charge in [-0.1, -0.05) is 26.0 Å². The van der Waals surface area contributed by atoms with Gasteiger partial charge < -0.3 is 20.8 Å². The van der Waals surface area contributed by atoms with Crippen LogP contribution in [-0.2, 0) is 4.79 Å².